The minimum absolute atomic E-state index is 0.00201. The lowest BCUT2D eigenvalue weighted by molar-refractivity contribution is -0.131. The summed E-state index contributed by atoms with van der Waals surface area (Å²) in [7, 11) is 1.67. The maximum atomic E-state index is 11.6. The lowest BCUT2D eigenvalue weighted by Gasteiger charge is -2.45. The Labute approximate surface area is 150 Å². The Bertz CT molecular complexity index is 577. The zero-order chi connectivity index (χ0) is 17.6. The van der Waals surface area contributed by atoms with Crippen molar-refractivity contribution in [1.82, 2.24) is 5.32 Å². The molecule has 0 spiro atoms. The second-order valence-corrected chi connectivity index (χ2v) is 7.07. The van der Waals surface area contributed by atoms with Crippen molar-refractivity contribution in [2.45, 2.75) is 57.3 Å². The number of hydrogen-bond acceptors (Lipinski definition) is 4. The largest absolute Gasteiger partial charge is 0.491 e. The van der Waals surface area contributed by atoms with Gasteiger partial charge in [0.15, 0.2) is 0 Å². The molecule has 0 unspecified atom stereocenters. The van der Waals surface area contributed by atoms with Gasteiger partial charge in [0.2, 0.25) is 5.91 Å². The molecule has 1 aliphatic carbocycles. The highest BCUT2D eigenvalue weighted by Crippen LogP contribution is 2.41. The van der Waals surface area contributed by atoms with Crippen molar-refractivity contribution < 1.29 is 19.0 Å². The van der Waals surface area contributed by atoms with E-state index in [0.29, 0.717) is 19.1 Å². The summed E-state index contributed by atoms with van der Waals surface area (Å²) in [6.45, 7) is 2.70. The van der Waals surface area contributed by atoms with Gasteiger partial charge in [-0.05, 0) is 37.0 Å². The molecule has 1 amide bonds. The molecule has 4 atom stereocenters. The van der Waals surface area contributed by atoms with Gasteiger partial charge in [-0.1, -0.05) is 25.0 Å². The number of rotatable bonds is 6. The highest BCUT2D eigenvalue weighted by Gasteiger charge is 2.40. The maximum absolute atomic E-state index is 11.6. The van der Waals surface area contributed by atoms with Gasteiger partial charge in [-0.3, -0.25) is 4.79 Å². The SMILES string of the molecule is COCCOc1cccc([C@H]2C[C@@H](NC(C)=O)[C@@H]3CCCC[C@H]3O2)c1. The van der Waals surface area contributed by atoms with Gasteiger partial charge in [0.1, 0.15) is 12.4 Å². The lowest BCUT2D eigenvalue weighted by Crippen LogP contribution is -2.50. The van der Waals surface area contributed by atoms with E-state index in [4.69, 9.17) is 14.2 Å². The molecule has 2 fully saturated rings. The molecule has 0 radical (unpaired) electrons. The molecule has 1 heterocycles. The van der Waals surface area contributed by atoms with E-state index in [1.165, 1.54) is 12.8 Å². The van der Waals surface area contributed by atoms with Gasteiger partial charge >= 0.3 is 0 Å². The summed E-state index contributed by atoms with van der Waals surface area (Å²) < 4.78 is 17.2. The topological polar surface area (TPSA) is 56.8 Å². The van der Waals surface area contributed by atoms with Gasteiger partial charge in [0.25, 0.3) is 0 Å². The van der Waals surface area contributed by atoms with Gasteiger partial charge in [-0.15, -0.1) is 0 Å². The van der Waals surface area contributed by atoms with E-state index in [1.54, 1.807) is 14.0 Å². The van der Waals surface area contributed by atoms with Crippen molar-refractivity contribution in [3.63, 3.8) is 0 Å². The minimum atomic E-state index is 0.00201. The number of benzene rings is 1. The molecule has 5 nitrogen and oxygen atoms in total. The van der Waals surface area contributed by atoms with Gasteiger partial charge in [-0.25, -0.2) is 0 Å². The maximum Gasteiger partial charge on any atom is 0.217 e. The molecule has 5 heteroatoms. The Morgan fingerprint density at radius 3 is 2.92 bits per heavy atom. The number of amides is 1. The van der Waals surface area contributed by atoms with Crippen molar-refractivity contribution in [3.8, 4) is 5.75 Å². The third-order valence-corrected chi connectivity index (χ3v) is 5.25. The Hall–Kier alpha value is -1.59. The Morgan fingerprint density at radius 2 is 2.12 bits per heavy atom. The molecule has 0 aromatic heterocycles. The van der Waals surface area contributed by atoms with Gasteiger partial charge in [0, 0.05) is 26.0 Å². The van der Waals surface area contributed by atoms with Crippen molar-refractivity contribution in [2.75, 3.05) is 20.3 Å². The average Bonchev–Trinajstić information content (AvgIpc) is 2.62. The van der Waals surface area contributed by atoms with E-state index < -0.39 is 0 Å². The van der Waals surface area contributed by atoms with Crippen LogP contribution in [0.4, 0.5) is 0 Å². The summed E-state index contributed by atoms with van der Waals surface area (Å²) in [5.74, 6) is 1.32. The van der Waals surface area contributed by atoms with Gasteiger partial charge in [-0.2, -0.15) is 0 Å². The summed E-state index contributed by atoms with van der Waals surface area (Å²) in [6, 6.07) is 8.29. The van der Waals surface area contributed by atoms with E-state index in [9.17, 15) is 4.79 Å². The van der Waals surface area contributed by atoms with E-state index in [0.717, 1.165) is 30.6 Å². The second-order valence-electron chi connectivity index (χ2n) is 7.07. The lowest BCUT2D eigenvalue weighted by atomic mass is 9.76. The van der Waals surface area contributed by atoms with Gasteiger partial charge < -0.3 is 19.5 Å². The first kappa shape index (κ1) is 18.2. The third kappa shape index (κ3) is 4.73. The first-order valence-electron chi connectivity index (χ1n) is 9.31. The van der Waals surface area contributed by atoms with E-state index in [1.807, 2.05) is 18.2 Å². The standard InChI is InChI=1S/C20H29NO4/c1-14(22)21-18-13-20(25-19-9-4-3-8-17(18)19)15-6-5-7-16(12-15)24-11-10-23-2/h5-7,12,17-20H,3-4,8-11,13H2,1-2H3,(H,21,22)/t17-,18+,19+,20+/m0/s1. The monoisotopic (exact) mass is 347 g/mol. The number of hydrogen-bond donors (Lipinski definition) is 1. The molecule has 1 N–H and O–H groups in total. The van der Waals surface area contributed by atoms with Gasteiger partial charge in [0.05, 0.1) is 18.8 Å². The molecule has 1 aromatic carbocycles. The Balaban J connectivity index is 1.72. The molecular formula is C20H29NO4. The molecule has 25 heavy (non-hydrogen) atoms. The first-order chi connectivity index (χ1) is 12.2. The quantitative estimate of drug-likeness (QED) is 0.803. The van der Waals surface area contributed by atoms with Crippen LogP contribution in [0.5, 0.6) is 5.75 Å². The number of carbonyl (C=O) groups is 1. The fourth-order valence-corrected chi connectivity index (χ4v) is 4.12. The molecular weight excluding hydrogens is 318 g/mol. The van der Waals surface area contributed by atoms with E-state index >= 15 is 0 Å². The van der Waals surface area contributed by atoms with Crippen LogP contribution in [0.1, 0.15) is 50.7 Å². The molecule has 0 bridgehead atoms. The predicted octanol–water partition coefficient (Wildman–Crippen LogP) is 3.24. The first-order valence-corrected chi connectivity index (χ1v) is 9.31. The van der Waals surface area contributed by atoms with Crippen LogP contribution in [0.15, 0.2) is 24.3 Å². The van der Waals surface area contributed by atoms with Crippen molar-refractivity contribution in [2.24, 2.45) is 5.92 Å². The second kappa shape index (κ2) is 8.68. The van der Waals surface area contributed by atoms with Crippen molar-refractivity contribution in [3.05, 3.63) is 29.8 Å². The zero-order valence-corrected chi connectivity index (χ0v) is 15.2. The zero-order valence-electron chi connectivity index (χ0n) is 15.2. The molecule has 1 saturated carbocycles. The molecule has 2 aliphatic rings. The Morgan fingerprint density at radius 1 is 1.28 bits per heavy atom. The number of methoxy groups -OCH3 is 1. The van der Waals surface area contributed by atoms with Crippen LogP contribution in [0.25, 0.3) is 0 Å². The molecule has 1 aliphatic heterocycles. The molecule has 138 valence electrons. The van der Waals surface area contributed by atoms with Crippen LogP contribution in [0.3, 0.4) is 0 Å². The third-order valence-electron chi connectivity index (χ3n) is 5.25. The summed E-state index contributed by atoms with van der Waals surface area (Å²) in [6.07, 6.45) is 5.73. The minimum Gasteiger partial charge on any atom is -0.491 e. The molecule has 1 aromatic rings. The predicted molar refractivity (Wildman–Crippen MR) is 95.6 cm³/mol. The number of fused-ring (bicyclic) bond motifs is 1. The highest BCUT2D eigenvalue weighted by molar-refractivity contribution is 5.73. The van der Waals surface area contributed by atoms with Crippen LogP contribution in [0.2, 0.25) is 0 Å². The highest BCUT2D eigenvalue weighted by atomic mass is 16.5. The van der Waals surface area contributed by atoms with Crippen LogP contribution < -0.4 is 10.1 Å². The van der Waals surface area contributed by atoms with Crippen molar-refractivity contribution >= 4 is 5.91 Å². The summed E-state index contributed by atoms with van der Waals surface area (Å²) >= 11 is 0. The normalized spacial score (nSPS) is 28.9. The summed E-state index contributed by atoms with van der Waals surface area (Å²) in [4.78, 5) is 11.6. The van der Waals surface area contributed by atoms with Crippen LogP contribution in [-0.4, -0.2) is 38.4 Å². The number of ether oxygens (including phenoxy) is 3. The molecule has 1 saturated heterocycles. The smallest absolute Gasteiger partial charge is 0.217 e. The summed E-state index contributed by atoms with van der Waals surface area (Å²) in [5.41, 5.74) is 1.12. The van der Waals surface area contributed by atoms with Crippen LogP contribution in [0, 0.1) is 5.92 Å². The van der Waals surface area contributed by atoms with E-state index in [2.05, 4.69) is 11.4 Å². The average molecular weight is 347 g/mol. The Kier molecular flexibility index (Phi) is 6.32. The summed E-state index contributed by atoms with van der Waals surface area (Å²) in [5, 5.41) is 3.17. The fourth-order valence-electron chi connectivity index (χ4n) is 4.12. The number of carbonyl (C=O) groups excluding carboxylic acids is 1. The van der Waals surface area contributed by atoms with Crippen LogP contribution in [-0.2, 0) is 14.3 Å². The molecule has 3 rings (SSSR count). The van der Waals surface area contributed by atoms with Crippen molar-refractivity contribution in [1.29, 1.82) is 0 Å². The fraction of sp³-hybridized carbons (Fsp3) is 0.650. The van der Waals surface area contributed by atoms with Crippen LogP contribution >= 0.6 is 0 Å². The number of nitrogens with one attached hydrogen (secondary N) is 1. The van der Waals surface area contributed by atoms with E-state index in [-0.39, 0.29) is 24.2 Å².